The summed E-state index contributed by atoms with van der Waals surface area (Å²) in [5.74, 6) is 0.903. The zero-order chi connectivity index (χ0) is 12.5. The molecule has 0 unspecified atom stereocenters. The number of fused-ring (bicyclic) bond motifs is 1. The van der Waals surface area contributed by atoms with Crippen LogP contribution in [0.25, 0.3) is 10.7 Å². The lowest BCUT2D eigenvalue weighted by Gasteiger charge is -2.04. The predicted molar refractivity (Wildman–Crippen MR) is 74.9 cm³/mol. The van der Waals surface area contributed by atoms with Crippen molar-refractivity contribution < 1.29 is 4.79 Å². The number of thiophene rings is 1. The molecule has 0 bridgehead atoms. The number of nitrogens with zero attached hydrogens (tertiary/aromatic N) is 2. The second-order valence-electron chi connectivity index (χ2n) is 4.31. The van der Waals surface area contributed by atoms with Gasteiger partial charge in [0.05, 0.1) is 16.1 Å². The molecule has 0 radical (unpaired) electrons. The molecule has 2 aromatic rings. The molecule has 0 aromatic carbocycles. The number of rotatable bonds is 1. The van der Waals surface area contributed by atoms with Crippen LogP contribution in [0.5, 0.6) is 0 Å². The summed E-state index contributed by atoms with van der Waals surface area (Å²) in [5.41, 5.74) is 1.62. The van der Waals surface area contributed by atoms with Gasteiger partial charge in [-0.1, -0.05) is 0 Å². The van der Waals surface area contributed by atoms with Crippen molar-refractivity contribution in [1.29, 1.82) is 0 Å². The minimum Gasteiger partial charge on any atom is -0.294 e. The summed E-state index contributed by atoms with van der Waals surface area (Å²) in [5, 5.41) is 2.01. The van der Waals surface area contributed by atoms with Crippen LogP contribution in [0.1, 0.15) is 35.3 Å². The third-order valence-electron chi connectivity index (χ3n) is 3.02. The summed E-state index contributed by atoms with van der Waals surface area (Å²) in [4.78, 5) is 21.8. The highest BCUT2D eigenvalue weighted by Gasteiger charge is 2.18. The van der Waals surface area contributed by atoms with Crippen LogP contribution >= 0.6 is 27.3 Å². The minimum absolute atomic E-state index is 0.182. The topological polar surface area (TPSA) is 42.9 Å². The smallest absolute Gasteiger partial charge is 0.169 e. The Morgan fingerprint density at radius 1 is 1.28 bits per heavy atom. The molecule has 0 amide bonds. The Kier molecular flexibility index (Phi) is 3.26. The molecule has 0 saturated carbocycles. The minimum atomic E-state index is 0.182. The Labute approximate surface area is 117 Å². The van der Waals surface area contributed by atoms with E-state index in [0.717, 1.165) is 40.1 Å². The Balaban J connectivity index is 2.05. The molecule has 0 spiro atoms. The largest absolute Gasteiger partial charge is 0.294 e. The molecule has 0 N–H and O–H groups in total. The number of aryl methyl sites for hydroxylation is 1. The molecule has 2 heterocycles. The van der Waals surface area contributed by atoms with Gasteiger partial charge in [-0.05, 0) is 41.3 Å². The van der Waals surface area contributed by atoms with Gasteiger partial charge in [0, 0.05) is 22.5 Å². The molecule has 3 nitrogen and oxygen atoms in total. The molecule has 92 valence electrons. The third kappa shape index (κ3) is 2.24. The number of carbonyl (C=O) groups excluding carboxylic acids is 1. The van der Waals surface area contributed by atoms with Gasteiger partial charge >= 0.3 is 0 Å². The summed E-state index contributed by atoms with van der Waals surface area (Å²) in [6.45, 7) is 0. The first-order chi connectivity index (χ1) is 8.74. The number of Topliss-reactive ketones (excluding diaryl/α,β-unsaturated/α-hetero) is 1. The monoisotopic (exact) mass is 322 g/mol. The number of halogens is 1. The highest BCUT2D eigenvalue weighted by Crippen LogP contribution is 2.28. The van der Waals surface area contributed by atoms with E-state index in [1.165, 1.54) is 0 Å². The SMILES string of the molecule is O=C1CCCCc2nc(-c3cc(Br)cs3)ncc21. The first-order valence-electron chi connectivity index (χ1n) is 5.87. The van der Waals surface area contributed by atoms with Crippen LogP contribution < -0.4 is 0 Å². The first kappa shape index (κ1) is 12.0. The maximum absolute atomic E-state index is 11.9. The number of hydrogen-bond acceptors (Lipinski definition) is 4. The standard InChI is InChI=1S/C13H11BrN2OS/c14-8-5-12(18-7-8)13-15-6-9-10(16-13)3-1-2-4-11(9)17/h5-7H,1-4H2. The van der Waals surface area contributed by atoms with Crippen LogP contribution in [0.15, 0.2) is 22.1 Å². The van der Waals surface area contributed by atoms with E-state index in [2.05, 4.69) is 25.9 Å². The maximum Gasteiger partial charge on any atom is 0.169 e. The zero-order valence-electron chi connectivity index (χ0n) is 9.65. The number of carbonyl (C=O) groups is 1. The molecule has 2 aromatic heterocycles. The van der Waals surface area contributed by atoms with Crippen LogP contribution in [0.4, 0.5) is 0 Å². The van der Waals surface area contributed by atoms with E-state index >= 15 is 0 Å². The van der Waals surface area contributed by atoms with Crippen molar-refractivity contribution in [2.45, 2.75) is 25.7 Å². The molecule has 3 rings (SSSR count). The molecule has 1 aliphatic rings. The average molecular weight is 323 g/mol. The van der Waals surface area contributed by atoms with E-state index in [1.807, 2.05) is 11.4 Å². The lowest BCUT2D eigenvalue weighted by atomic mass is 10.1. The quantitative estimate of drug-likeness (QED) is 0.748. The second kappa shape index (κ2) is 4.90. The Bertz CT molecular complexity index is 609. The molecule has 0 atom stereocenters. The highest BCUT2D eigenvalue weighted by molar-refractivity contribution is 9.10. The third-order valence-corrected chi connectivity index (χ3v) is 4.71. The fourth-order valence-electron chi connectivity index (χ4n) is 2.10. The molecular weight excluding hydrogens is 312 g/mol. The summed E-state index contributed by atoms with van der Waals surface area (Å²) < 4.78 is 1.04. The van der Waals surface area contributed by atoms with Gasteiger partial charge in [-0.25, -0.2) is 9.97 Å². The lowest BCUT2D eigenvalue weighted by molar-refractivity contribution is 0.0981. The first-order valence-corrected chi connectivity index (χ1v) is 7.55. The average Bonchev–Trinajstić information content (AvgIpc) is 2.72. The molecule has 0 saturated heterocycles. The summed E-state index contributed by atoms with van der Waals surface area (Å²) in [6.07, 6.45) is 5.18. The number of hydrogen-bond donors (Lipinski definition) is 0. The van der Waals surface area contributed by atoms with Crippen molar-refractivity contribution in [3.8, 4) is 10.7 Å². The normalized spacial score (nSPS) is 15.3. The van der Waals surface area contributed by atoms with E-state index in [4.69, 9.17) is 0 Å². The molecule has 5 heteroatoms. The fourth-order valence-corrected chi connectivity index (χ4v) is 3.47. The van der Waals surface area contributed by atoms with Gasteiger partial charge in [0.25, 0.3) is 0 Å². The lowest BCUT2D eigenvalue weighted by Crippen LogP contribution is -2.04. The van der Waals surface area contributed by atoms with Gasteiger partial charge in [0.2, 0.25) is 0 Å². The van der Waals surface area contributed by atoms with Gasteiger partial charge in [-0.2, -0.15) is 0 Å². The van der Waals surface area contributed by atoms with E-state index in [9.17, 15) is 4.79 Å². The van der Waals surface area contributed by atoms with Crippen LogP contribution in [0.3, 0.4) is 0 Å². The number of ketones is 1. The van der Waals surface area contributed by atoms with E-state index in [0.29, 0.717) is 12.0 Å². The van der Waals surface area contributed by atoms with Crippen molar-refractivity contribution in [3.63, 3.8) is 0 Å². The summed E-state index contributed by atoms with van der Waals surface area (Å²) >= 11 is 5.03. The van der Waals surface area contributed by atoms with Gasteiger partial charge in [0.1, 0.15) is 0 Å². The van der Waals surface area contributed by atoms with Crippen molar-refractivity contribution >= 4 is 33.0 Å². The van der Waals surface area contributed by atoms with Crippen molar-refractivity contribution in [1.82, 2.24) is 9.97 Å². The Hall–Kier alpha value is -1.07. The van der Waals surface area contributed by atoms with Gasteiger partial charge in [-0.3, -0.25) is 4.79 Å². The second-order valence-corrected chi connectivity index (χ2v) is 6.14. The molecular formula is C13H11BrN2OS. The molecule has 18 heavy (non-hydrogen) atoms. The van der Waals surface area contributed by atoms with Gasteiger partial charge < -0.3 is 0 Å². The fraction of sp³-hybridized carbons (Fsp3) is 0.308. The number of aromatic nitrogens is 2. The van der Waals surface area contributed by atoms with Gasteiger partial charge in [-0.15, -0.1) is 11.3 Å². The van der Waals surface area contributed by atoms with Gasteiger partial charge in [0.15, 0.2) is 11.6 Å². The van der Waals surface area contributed by atoms with E-state index < -0.39 is 0 Å². The maximum atomic E-state index is 11.9. The van der Waals surface area contributed by atoms with Crippen LogP contribution in [-0.2, 0) is 6.42 Å². The molecule has 0 fully saturated rings. The van der Waals surface area contributed by atoms with Crippen molar-refractivity contribution in [2.24, 2.45) is 0 Å². The summed E-state index contributed by atoms with van der Waals surface area (Å²) in [7, 11) is 0. The van der Waals surface area contributed by atoms with Crippen LogP contribution in [-0.4, -0.2) is 15.8 Å². The van der Waals surface area contributed by atoms with Crippen molar-refractivity contribution in [2.75, 3.05) is 0 Å². The van der Waals surface area contributed by atoms with E-state index in [-0.39, 0.29) is 5.78 Å². The predicted octanol–water partition coefficient (Wildman–Crippen LogP) is 3.88. The zero-order valence-corrected chi connectivity index (χ0v) is 12.1. The Morgan fingerprint density at radius 2 is 2.11 bits per heavy atom. The molecule has 0 aliphatic heterocycles. The highest BCUT2D eigenvalue weighted by atomic mass is 79.9. The summed E-state index contributed by atoms with van der Waals surface area (Å²) in [6, 6.07) is 2.00. The van der Waals surface area contributed by atoms with Crippen LogP contribution in [0, 0.1) is 0 Å². The van der Waals surface area contributed by atoms with Crippen LogP contribution in [0.2, 0.25) is 0 Å². The van der Waals surface area contributed by atoms with E-state index in [1.54, 1.807) is 17.5 Å². The van der Waals surface area contributed by atoms with Crippen molar-refractivity contribution in [3.05, 3.63) is 33.4 Å². The molecule has 1 aliphatic carbocycles. The Morgan fingerprint density at radius 3 is 2.89 bits per heavy atom.